The highest BCUT2D eigenvalue weighted by Crippen LogP contribution is 2.25. The summed E-state index contributed by atoms with van der Waals surface area (Å²) in [6, 6.07) is 8.25. The van der Waals surface area contributed by atoms with Gasteiger partial charge in [-0.15, -0.1) is 0 Å². The van der Waals surface area contributed by atoms with Crippen molar-refractivity contribution >= 4 is 17.5 Å². The number of hydrogen-bond acceptors (Lipinski definition) is 3. The van der Waals surface area contributed by atoms with Crippen LogP contribution in [0.5, 0.6) is 0 Å². The Kier molecular flexibility index (Phi) is 5.48. The number of amides is 1. The number of ether oxygens (including phenoxy) is 1. The largest absolute Gasteiger partial charge is 0.444 e. The molecular weight excluding hydrogens is 264 g/mol. The van der Waals surface area contributed by atoms with Gasteiger partial charge in [-0.1, -0.05) is 20.8 Å². The van der Waals surface area contributed by atoms with Crippen molar-refractivity contribution in [3.05, 3.63) is 24.3 Å². The minimum Gasteiger partial charge on any atom is -0.444 e. The Balaban J connectivity index is 2.09. The molecule has 0 N–H and O–H groups in total. The van der Waals surface area contributed by atoms with Crippen LogP contribution in [0.4, 0.5) is 16.2 Å². The molecule has 0 spiro atoms. The number of benzene rings is 1. The van der Waals surface area contributed by atoms with Gasteiger partial charge in [0.1, 0.15) is 6.10 Å². The molecule has 2 rings (SSSR count). The topological polar surface area (TPSA) is 32.8 Å². The van der Waals surface area contributed by atoms with E-state index in [-0.39, 0.29) is 12.2 Å². The normalized spacial score (nSPS) is 18.0. The van der Waals surface area contributed by atoms with E-state index in [1.165, 1.54) is 5.69 Å². The van der Waals surface area contributed by atoms with Crippen molar-refractivity contribution in [2.24, 2.45) is 0 Å². The van der Waals surface area contributed by atoms with Crippen molar-refractivity contribution in [2.45, 2.75) is 46.1 Å². The van der Waals surface area contributed by atoms with Crippen molar-refractivity contribution < 1.29 is 9.53 Å². The Labute approximate surface area is 127 Å². The number of hydrogen-bond donors (Lipinski definition) is 0. The molecule has 0 saturated carbocycles. The highest BCUT2D eigenvalue weighted by atomic mass is 16.6. The molecule has 0 aliphatic carbocycles. The predicted octanol–water partition coefficient (Wildman–Crippen LogP) is 4.05. The first-order valence-electron chi connectivity index (χ1n) is 8.02. The molecule has 21 heavy (non-hydrogen) atoms. The molecule has 1 amide bonds. The van der Waals surface area contributed by atoms with E-state index in [4.69, 9.17) is 4.74 Å². The van der Waals surface area contributed by atoms with Crippen LogP contribution in [0.2, 0.25) is 0 Å². The molecule has 1 atom stereocenters. The van der Waals surface area contributed by atoms with Crippen molar-refractivity contribution in [3.63, 3.8) is 0 Å². The number of carbonyl (C=O) groups is 1. The number of nitrogens with zero attached hydrogens (tertiary/aromatic N) is 2. The van der Waals surface area contributed by atoms with Gasteiger partial charge in [0.25, 0.3) is 0 Å². The molecule has 1 aliphatic heterocycles. The van der Waals surface area contributed by atoms with Gasteiger partial charge in [-0.05, 0) is 43.5 Å². The van der Waals surface area contributed by atoms with Crippen LogP contribution in [-0.4, -0.2) is 31.8 Å². The molecule has 1 unspecified atom stereocenters. The minimum absolute atomic E-state index is 0.0221. The van der Waals surface area contributed by atoms with Crippen molar-refractivity contribution in [1.82, 2.24) is 0 Å². The highest BCUT2D eigenvalue weighted by molar-refractivity contribution is 5.89. The second-order valence-corrected chi connectivity index (χ2v) is 5.53. The summed E-state index contributed by atoms with van der Waals surface area (Å²) in [6.07, 6.45) is 2.93. The number of carbonyl (C=O) groups excluding carboxylic acids is 1. The summed E-state index contributed by atoms with van der Waals surface area (Å²) in [5.41, 5.74) is 2.15. The van der Waals surface area contributed by atoms with Crippen LogP contribution < -0.4 is 9.80 Å². The number of cyclic esters (lactones) is 1. The summed E-state index contributed by atoms with van der Waals surface area (Å²) in [4.78, 5) is 16.0. The number of anilines is 2. The Morgan fingerprint density at radius 3 is 2.24 bits per heavy atom. The van der Waals surface area contributed by atoms with Gasteiger partial charge >= 0.3 is 6.09 Å². The molecular formula is C17H26N2O2. The molecule has 0 aromatic heterocycles. The quantitative estimate of drug-likeness (QED) is 0.759. The lowest BCUT2D eigenvalue weighted by Crippen LogP contribution is -2.26. The standard InChI is InChI=1S/C17H26N2O2/c1-4-11-18(12-5-2)14-7-9-15(10-8-14)19-13-16(6-3)21-17(19)20/h7-10,16H,4-6,11-13H2,1-3H3. The molecule has 1 fully saturated rings. The third-order valence-electron chi connectivity index (χ3n) is 3.84. The second kappa shape index (κ2) is 7.34. The van der Waals surface area contributed by atoms with Gasteiger partial charge in [-0.2, -0.15) is 0 Å². The summed E-state index contributed by atoms with van der Waals surface area (Å²) >= 11 is 0. The lowest BCUT2D eigenvalue weighted by Gasteiger charge is -2.24. The van der Waals surface area contributed by atoms with Crippen molar-refractivity contribution in [3.8, 4) is 0 Å². The average molecular weight is 290 g/mol. The Morgan fingerprint density at radius 2 is 1.76 bits per heavy atom. The first-order chi connectivity index (χ1) is 10.2. The average Bonchev–Trinajstić information content (AvgIpc) is 2.88. The second-order valence-electron chi connectivity index (χ2n) is 5.53. The van der Waals surface area contributed by atoms with E-state index in [0.717, 1.165) is 38.0 Å². The SMILES string of the molecule is CCCN(CCC)c1ccc(N2CC(CC)OC2=O)cc1. The fraction of sp³-hybridized carbons (Fsp3) is 0.588. The smallest absolute Gasteiger partial charge is 0.414 e. The van der Waals surface area contributed by atoms with Gasteiger partial charge in [-0.25, -0.2) is 4.79 Å². The van der Waals surface area contributed by atoms with Crippen LogP contribution in [-0.2, 0) is 4.74 Å². The zero-order valence-corrected chi connectivity index (χ0v) is 13.3. The van der Waals surface area contributed by atoms with Gasteiger partial charge in [0, 0.05) is 24.5 Å². The van der Waals surface area contributed by atoms with E-state index in [1.54, 1.807) is 4.90 Å². The van der Waals surface area contributed by atoms with Gasteiger partial charge < -0.3 is 9.64 Å². The third-order valence-corrected chi connectivity index (χ3v) is 3.84. The van der Waals surface area contributed by atoms with E-state index >= 15 is 0 Å². The maximum atomic E-state index is 11.9. The molecule has 0 radical (unpaired) electrons. The third kappa shape index (κ3) is 3.69. The van der Waals surface area contributed by atoms with Crippen molar-refractivity contribution in [1.29, 1.82) is 0 Å². The summed E-state index contributed by atoms with van der Waals surface area (Å²) in [6.45, 7) is 9.22. The molecule has 1 heterocycles. The van der Waals surface area contributed by atoms with Crippen LogP contribution >= 0.6 is 0 Å². The first kappa shape index (κ1) is 15.7. The van der Waals surface area contributed by atoms with Gasteiger partial charge in [0.2, 0.25) is 0 Å². The summed E-state index contributed by atoms with van der Waals surface area (Å²) in [5, 5.41) is 0. The zero-order valence-electron chi connectivity index (χ0n) is 13.3. The Bertz CT molecular complexity index is 452. The Morgan fingerprint density at radius 1 is 1.14 bits per heavy atom. The van der Waals surface area contributed by atoms with Gasteiger partial charge in [0.15, 0.2) is 0 Å². The minimum atomic E-state index is -0.228. The molecule has 1 saturated heterocycles. The molecule has 1 aromatic rings. The number of rotatable bonds is 7. The van der Waals surface area contributed by atoms with E-state index in [1.807, 2.05) is 19.1 Å². The summed E-state index contributed by atoms with van der Waals surface area (Å²) < 4.78 is 5.31. The molecule has 4 heteroatoms. The summed E-state index contributed by atoms with van der Waals surface area (Å²) in [7, 11) is 0. The van der Waals surface area contributed by atoms with Crippen LogP contribution in [0.1, 0.15) is 40.0 Å². The van der Waals surface area contributed by atoms with Gasteiger partial charge in [-0.3, -0.25) is 4.90 Å². The highest BCUT2D eigenvalue weighted by Gasteiger charge is 2.30. The van der Waals surface area contributed by atoms with Crippen LogP contribution in [0, 0.1) is 0 Å². The lowest BCUT2D eigenvalue weighted by atomic mass is 10.2. The molecule has 4 nitrogen and oxygen atoms in total. The van der Waals surface area contributed by atoms with Crippen LogP contribution in [0.25, 0.3) is 0 Å². The fourth-order valence-corrected chi connectivity index (χ4v) is 2.70. The van der Waals surface area contributed by atoms with E-state index < -0.39 is 0 Å². The van der Waals surface area contributed by atoms with E-state index in [2.05, 4.69) is 30.9 Å². The fourth-order valence-electron chi connectivity index (χ4n) is 2.70. The zero-order chi connectivity index (χ0) is 15.2. The molecule has 0 bridgehead atoms. The van der Waals surface area contributed by atoms with Crippen LogP contribution in [0.15, 0.2) is 24.3 Å². The molecule has 116 valence electrons. The maximum absolute atomic E-state index is 11.9. The monoisotopic (exact) mass is 290 g/mol. The Hall–Kier alpha value is -1.71. The molecule has 1 aromatic carbocycles. The summed E-state index contributed by atoms with van der Waals surface area (Å²) in [5.74, 6) is 0. The lowest BCUT2D eigenvalue weighted by molar-refractivity contribution is 0.139. The maximum Gasteiger partial charge on any atom is 0.414 e. The van der Waals surface area contributed by atoms with Gasteiger partial charge in [0.05, 0.1) is 6.54 Å². The van der Waals surface area contributed by atoms with Crippen molar-refractivity contribution in [2.75, 3.05) is 29.4 Å². The predicted molar refractivity (Wildman–Crippen MR) is 87.1 cm³/mol. The van der Waals surface area contributed by atoms with E-state index in [0.29, 0.717) is 6.54 Å². The van der Waals surface area contributed by atoms with Crippen LogP contribution in [0.3, 0.4) is 0 Å². The first-order valence-corrected chi connectivity index (χ1v) is 8.02. The molecule has 1 aliphatic rings. The van der Waals surface area contributed by atoms with E-state index in [9.17, 15) is 4.79 Å².